The fraction of sp³-hybridized carbons (Fsp3) is 0.684. The van der Waals surface area contributed by atoms with Crippen molar-refractivity contribution in [3.05, 3.63) is 29.6 Å². The number of nitrogens with one attached hydrogen (secondary N) is 2. The number of aromatic nitrogens is 1. The number of hydrogen-bond donors (Lipinski definition) is 2. The molecule has 2 aliphatic rings. The van der Waals surface area contributed by atoms with Crippen molar-refractivity contribution in [1.29, 1.82) is 0 Å². The van der Waals surface area contributed by atoms with E-state index in [-0.39, 0.29) is 24.0 Å². The maximum atomic E-state index is 6.00. The summed E-state index contributed by atoms with van der Waals surface area (Å²) in [6, 6.07) is 4.53. The Hall–Kier alpha value is -0.890. The Morgan fingerprint density at radius 1 is 1.40 bits per heavy atom. The number of hydrogen-bond acceptors (Lipinski definition) is 3. The topological polar surface area (TPSA) is 58.5 Å². The number of nitrogens with zero attached hydrogens (tertiary/aromatic N) is 2. The van der Waals surface area contributed by atoms with Gasteiger partial charge in [0.1, 0.15) is 0 Å². The van der Waals surface area contributed by atoms with Crippen LogP contribution in [0.3, 0.4) is 0 Å². The van der Waals surface area contributed by atoms with Crippen molar-refractivity contribution >= 4 is 29.9 Å². The van der Waals surface area contributed by atoms with Crippen LogP contribution in [0.1, 0.15) is 50.3 Å². The van der Waals surface area contributed by atoms with Crippen molar-refractivity contribution in [2.45, 2.75) is 64.6 Å². The first-order chi connectivity index (χ1) is 11.7. The normalized spacial score (nSPS) is 24.5. The molecule has 5 nitrogen and oxygen atoms in total. The summed E-state index contributed by atoms with van der Waals surface area (Å²) in [5.41, 5.74) is 2.58. The predicted molar refractivity (Wildman–Crippen MR) is 112 cm³/mol. The van der Waals surface area contributed by atoms with Crippen LogP contribution in [0, 0.1) is 12.3 Å². The van der Waals surface area contributed by atoms with Gasteiger partial charge in [-0.2, -0.15) is 0 Å². The molecule has 2 unspecified atom stereocenters. The number of ether oxygens (including phenoxy) is 1. The molecule has 0 aromatic carbocycles. The van der Waals surface area contributed by atoms with Gasteiger partial charge in [0.2, 0.25) is 0 Å². The highest BCUT2D eigenvalue weighted by molar-refractivity contribution is 14.0. The fourth-order valence-corrected chi connectivity index (χ4v) is 4.32. The summed E-state index contributed by atoms with van der Waals surface area (Å²) in [5.74, 6) is 0.867. The van der Waals surface area contributed by atoms with E-state index in [2.05, 4.69) is 40.5 Å². The van der Waals surface area contributed by atoms with Gasteiger partial charge >= 0.3 is 0 Å². The molecule has 6 heteroatoms. The molecule has 1 aromatic heterocycles. The van der Waals surface area contributed by atoms with E-state index in [1.54, 1.807) is 0 Å². The van der Waals surface area contributed by atoms with Crippen LogP contribution in [0.25, 0.3) is 0 Å². The van der Waals surface area contributed by atoms with Crippen molar-refractivity contribution in [3.8, 4) is 0 Å². The van der Waals surface area contributed by atoms with Gasteiger partial charge in [-0.3, -0.25) is 9.98 Å². The van der Waals surface area contributed by atoms with Crippen LogP contribution in [-0.4, -0.2) is 36.7 Å². The first-order valence-electron chi connectivity index (χ1n) is 9.19. The van der Waals surface area contributed by atoms with Gasteiger partial charge in [-0.25, -0.2) is 0 Å². The Morgan fingerprint density at radius 2 is 2.16 bits per heavy atom. The molecule has 1 heterocycles. The second-order valence-electron chi connectivity index (χ2n) is 7.01. The standard InChI is InChI=1S/C19H30N4O.HI/c1-4-24-17-12-16(19(17)9-5-6-10-19)23-18(20-3)22-13-15-14(2)8-7-11-21-15;/h7-8,11,16-17H,4-6,9-10,12-13H2,1-3H3,(H2,20,22,23);1H. The second-order valence-corrected chi connectivity index (χ2v) is 7.01. The molecule has 0 saturated heterocycles. The van der Waals surface area contributed by atoms with E-state index in [1.807, 2.05) is 19.3 Å². The Labute approximate surface area is 168 Å². The zero-order valence-corrected chi connectivity index (χ0v) is 17.9. The van der Waals surface area contributed by atoms with Crippen molar-refractivity contribution in [2.24, 2.45) is 10.4 Å². The van der Waals surface area contributed by atoms with Crippen LogP contribution in [0.2, 0.25) is 0 Å². The summed E-state index contributed by atoms with van der Waals surface area (Å²) >= 11 is 0. The zero-order valence-electron chi connectivity index (χ0n) is 15.5. The third kappa shape index (κ3) is 4.27. The maximum absolute atomic E-state index is 6.00. The molecule has 2 fully saturated rings. The molecule has 0 amide bonds. The molecule has 2 aliphatic carbocycles. The first kappa shape index (κ1) is 20.4. The molecule has 2 atom stereocenters. The molecular formula is C19H31IN4O. The minimum absolute atomic E-state index is 0. The van der Waals surface area contributed by atoms with Crippen LogP contribution in [-0.2, 0) is 11.3 Å². The number of guanidine groups is 1. The third-order valence-corrected chi connectivity index (χ3v) is 5.76. The maximum Gasteiger partial charge on any atom is 0.191 e. The van der Waals surface area contributed by atoms with Gasteiger partial charge in [0, 0.05) is 31.3 Å². The lowest BCUT2D eigenvalue weighted by atomic mass is 9.60. The summed E-state index contributed by atoms with van der Waals surface area (Å²) in [6.45, 7) is 5.69. The molecule has 25 heavy (non-hydrogen) atoms. The number of halogens is 1. The molecule has 0 aliphatic heterocycles. The third-order valence-electron chi connectivity index (χ3n) is 5.76. The van der Waals surface area contributed by atoms with Crippen LogP contribution < -0.4 is 10.6 Å². The SMILES string of the molecule is CCOC1CC(NC(=NC)NCc2ncccc2C)C12CCCC2.I. The molecule has 1 spiro atoms. The first-order valence-corrected chi connectivity index (χ1v) is 9.19. The van der Waals surface area contributed by atoms with Crippen LogP contribution in [0.5, 0.6) is 0 Å². The van der Waals surface area contributed by atoms with E-state index in [0.717, 1.165) is 24.7 Å². The van der Waals surface area contributed by atoms with Crippen molar-refractivity contribution in [1.82, 2.24) is 15.6 Å². The zero-order chi connectivity index (χ0) is 17.0. The van der Waals surface area contributed by atoms with Gasteiger partial charge in [-0.05, 0) is 44.7 Å². The van der Waals surface area contributed by atoms with E-state index in [1.165, 1.54) is 31.2 Å². The molecular weight excluding hydrogens is 427 g/mol. The Balaban J connectivity index is 0.00000225. The molecule has 140 valence electrons. The fourth-order valence-electron chi connectivity index (χ4n) is 4.32. The van der Waals surface area contributed by atoms with Gasteiger partial charge < -0.3 is 15.4 Å². The van der Waals surface area contributed by atoms with E-state index >= 15 is 0 Å². The van der Waals surface area contributed by atoms with Crippen molar-refractivity contribution in [3.63, 3.8) is 0 Å². The molecule has 3 rings (SSSR count). The van der Waals surface area contributed by atoms with Gasteiger partial charge in [-0.15, -0.1) is 24.0 Å². The molecule has 2 N–H and O–H groups in total. The van der Waals surface area contributed by atoms with Crippen LogP contribution >= 0.6 is 24.0 Å². The monoisotopic (exact) mass is 458 g/mol. The second kappa shape index (κ2) is 9.16. The number of pyridine rings is 1. The van der Waals surface area contributed by atoms with Gasteiger partial charge in [0.05, 0.1) is 18.3 Å². The highest BCUT2D eigenvalue weighted by Crippen LogP contribution is 2.54. The van der Waals surface area contributed by atoms with Crippen LogP contribution in [0.4, 0.5) is 0 Å². The highest BCUT2D eigenvalue weighted by atomic mass is 127. The van der Waals surface area contributed by atoms with Crippen LogP contribution in [0.15, 0.2) is 23.3 Å². The minimum Gasteiger partial charge on any atom is -0.378 e. The molecule has 2 saturated carbocycles. The summed E-state index contributed by atoms with van der Waals surface area (Å²) < 4.78 is 6.00. The van der Waals surface area contributed by atoms with Crippen molar-refractivity contribution in [2.75, 3.05) is 13.7 Å². The average Bonchev–Trinajstić information content (AvgIpc) is 3.11. The summed E-state index contributed by atoms with van der Waals surface area (Å²) in [5, 5.41) is 7.06. The summed E-state index contributed by atoms with van der Waals surface area (Å²) in [4.78, 5) is 8.85. The van der Waals surface area contributed by atoms with E-state index in [9.17, 15) is 0 Å². The van der Waals surface area contributed by atoms with E-state index in [0.29, 0.717) is 24.1 Å². The lowest BCUT2D eigenvalue weighted by molar-refractivity contribution is -0.125. The molecule has 0 bridgehead atoms. The largest absolute Gasteiger partial charge is 0.378 e. The average molecular weight is 458 g/mol. The van der Waals surface area contributed by atoms with Crippen molar-refractivity contribution < 1.29 is 4.74 Å². The van der Waals surface area contributed by atoms with Gasteiger partial charge in [0.15, 0.2) is 5.96 Å². The predicted octanol–water partition coefficient (Wildman–Crippen LogP) is 3.41. The smallest absolute Gasteiger partial charge is 0.191 e. The quantitative estimate of drug-likeness (QED) is 0.404. The lowest BCUT2D eigenvalue weighted by Crippen LogP contribution is -2.65. The van der Waals surface area contributed by atoms with Gasteiger partial charge in [-0.1, -0.05) is 18.9 Å². The minimum atomic E-state index is 0. The van der Waals surface area contributed by atoms with E-state index < -0.39 is 0 Å². The lowest BCUT2D eigenvalue weighted by Gasteiger charge is -2.54. The molecule has 0 radical (unpaired) electrons. The number of aryl methyl sites for hydroxylation is 1. The van der Waals surface area contributed by atoms with E-state index in [4.69, 9.17) is 4.74 Å². The Bertz CT molecular complexity index is 587. The van der Waals surface area contributed by atoms with Gasteiger partial charge in [0.25, 0.3) is 0 Å². The number of rotatable bonds is 5. The summed E-state index contributed by atoms with van der Waals surface area (Å²) in [6.07, 6.45) is 8.52. The summed E-state index contributed by atoms with van der Waals surface area (Å²) in [7, 11) is 1.83. The Morgan fingerprint density at radius 3 is 2.80 bits per heavy atom. The Kier molecular flexibility index (Phi) is 7.49. The highest BCUT2D eigenvalue weighted by Gasteiger charge is 2.56. The molecule has 1 aromatic rings. The number of aliphatic imine (C=N–C) groups is 1.